The number of ether oxygens (including phenoxy) is 1. The zero-order valence-electron chi connectivity index (χ0n) is 14.7. The van der Waals surface area contributed by atoms with Crippen LogP contribution < -0.4 is 15.8 Å². The second-order valence-corrected chi connectivity index (χ2v) is 7.00. The topological polar surface area (TPSA) is 82.2 Å². The van der Waals surface area contributed by atoms with Gasteiger partial charge in [-0.3, -0.25) is 4.79 Å². The number of aromatic nitrogens is 2. The van der Waals surface area contributed by atoms with Crippen molar-refractivity contribution in [3.8, 4) is 11.4 Å². The van der Waals surface area contributed by atoms with Crippen molar-refractivity contribution in [3.63, 3.8) is 0 Å². The molecule has 0 radical (unpaired) electrons. The minimum atomic E-state index is -0.489. The summed E-state index contributed by atoms with van der Waals surface area (Å²) < 4.78 is 7.43. The standard InChI is InChI=1S/C18H26N4O2/c1-13(2)11-24-15-10-22(14-8-6-5-7-9-14)21-16(15)17(23)20-12-18(3,4)19/h5-10,13H,11-12,19H2,1-4H3,(H,20,23). The number of benzene rings is 1. The van der Waals surface area contributed by atoms with Gasteiger partial charge < -0.3 is 15.8 Å². The van der Waals surface area contributed by atoms with E-state index in [0.29, 0.717) is 24.8 Å². The van der Waals surface area contributed by atoms with Crippen molar-refractivity contribution in [3.05, 3.63) is 42.2 Å². The first-order chi connectivity index (χ1) is 11.3. The Balaban J connectivity index is 2.26. The zero-order chi connectivity index (χ0) is 17.7. The smallest absolute Gasteiger partial charge is 0.275 e. The molecule has 1 aromatic heterocycles. The van der Waals surface area contributed by atoms with Crippen molar-refractivity contribution >= 4 is 5.91 Å². The summed E-state index contributed by atoms with van der Waals surface area (Å²) in [5.41, 5.74) is 6.57. The Labute approximate surface area is 143 Å². The molecule has 1 heterocycles. The van der Waals surface area contributed by atoms with Gasteiger partial charge in [-0.15, -0.1) is 0 Å². The molecule has 3 N–H and O–H groups in total. The van der Waals surface area contributed by atoms with Crippen LogP contribution >= 0.6 is 0 Å². The highest BCUT2D eigenvalue weighted by atomic mass is 16.5. The summed E-state index contributed by atoms with van der Waals surface area (Å²) in [7, 11) is 0. The monoisotopic (exact) mass is 330 g/mol. The van der Waals surface area contributed by atoms with E-state index in [1.54, 1.807) is 10.9 Å². The Morgan fingerprint density at radius 2 is 2.00 bits per heavy atom. The molecule has 1 amide bonds. The third-order valence-corrected chi connectivity index (χ3v) is 3.19. The number of nitrogens with zero attached hydrogens (tertiary/aromatic N) is 2. The van der Waals surface area contributed by atoms with Crippen LogP contribution in [0.25, 0.3) is 5.69 Å². The van der Waals surface area contributed by atoms with Gasteiger partial charge in [0.15, 0.2) is 11.4 Å². The number of amides is 1. The molecule has 0 atom stereocenters. The Bertz CT molecular complexity index is 672. The maximum atomic E-state index is 12.5. The first kappa shape index (κ1) is 18.0. The second-order valence-electron chi connectivity index (χ2n) is 7.00. The zero-order valence-corrected chi connectivity index (χ0v) is 14.7. The van der Waals surface area contributed by atoms with Gasteiger partial charge in [-0.25, -0.2) is 4.68 Å². The number of rotatable bonds is 7. The van der Waals surface area contributed by atoms with Crippen molar-refractivity contribution in [2.75, 3.05) is 13.2 Å². The SMILES string of the molecule is CC(C)COc1cn(-c2ccccc2)nc1C(=O)NCC(C)(C)N. The van der Waals surface area contributed by atoms with E-state index in [4.69, 9.17) is 10.5 Å². The van der Waals surface area contributed by atoms with Crippen LogP contribution in [0.3, 0.4) is 0 Å². The van der Waals surface area contributed by atoms with Crippen LogP contribution in [0.2, 0.25) is 0 Å². The van der Waals surface area contributed by atoms with Crippen LogP contribution in [-0.2, 0) is 0 Å². The highest BCUT2D eigenvalue weighted by molar-refractivity contribution is 5.95. The number of hydrogen-bond acceptors (Lipinski definition) is 4. The third-order valence-electron chi connectivity index (χ3n) is 3.19. The number of nitrogens with two attached hydrogens (primary N) is 1. The molecule has 0 fully saturated rings. The van der Waals surface area contributed by atoms with Crippen LogP contribution in [0.4, 0.5) is 0 Å². The molecule has 0 spiro atoms. The molecule has 6 heteroatoms. The molecule has 2 aromatic rings. The van der Waals surface area contributed by atoms with E-state index >= 15 is 0 Å². The number of hydrogen-bond donors (Lipinski definition) is 2. The molecule has 0 aliphatic heterocycles. The lowest BCUT2D eigenvalue weighted by Crippen LogP contribution is -2.45. The summed E-state index contributed by atoms with van der Waals surface area (Å²) in [6, 6.07) is 9.61. The first-order valence-corrected chi connectivity index (χ1v) is 8.11. The van der Waals surface area contributed by atoms with Crippen LogP contribution in [0.1, 0.15) is 38.2 Å². The van der Waals surface area contributed by atoms with E-state index < -0.39 is 5.54 Å². The fraction of sp³-hybridized carbons (Fsp3) is 0.444. The average Bonchev–Trinajstić information content (AvgIpc) is 2.95. The lowest BCUT2D eigenvalue weighted by atomic mass is 10.1. The summed E-state index contributed by atoms with van der Waals surface area (Å²) in [6.45, 7) is 8.69. The van der Waals surface area contributed by atoms with Gasteiger partial charge >= 0.3 is 0 Å². The Kier molecular flexibility index (Phi) is 5.62. The van der Waals surface area contributed by atoms with Gasteiger partial charge in [-0.05, 0) is 31.9 Å². The van der Waals surface area contributed by atoms with Crippen LogP contribution in [-0.4, -0.2) is 34.4 Å². The minimum Gasteiger partial charge on any atom is -0.489 e. The molecule has 130 valence electrons. The minimum absolute atomic E-state index is 0.267. The lowest BCUT2D eigenvalue weighted by molar-refractivity contribution is 0.0936. The number of para-hydroxylation sites is 1. The Hall–Kier alpha value is -2.34. The van der Waals surface area contributed by atoms with Crippen molar-refractivity contribution in [2.45, 2.75) is 33.2 Å². The van der Waals surface area contributed by atoms with Gasteiger partial charge in [0.2, 0.25) is 0 Å². The molecule has 1 aromatic carbocycles. The van der Waals surface area contributed by atoms with Crippen LogP contribution in [0.15, 0.2) is 36.5 Å². The van der Waals surface area contributed by atoms with E-state index in [1.165, 1.54) is 0 Å². The second kappa shape index (κ2) is 7.49. The summed E-state index contributed by atoms with van der Waals surface area (Å²) in [4.78, 5) is 12.5. The van der Waals surface area contributed by atoms with Gasteiger partial charge in [0.05, 0.1) is 18.5 Å². The van der Waals surface area contributed by atoms with Gasteiger partial charge in [-0.1, -0.05) is 32.0 Å². The van der Waals surface area contributed by atoms with Crippen molar-refractivity contribution in [2.24, 2.45) is 11.7 Å². The Morgan fingerprint density at radius 3 is 2.58 bits per heavy atom. The molecule has 6 nitrogen and oxygen atoms in total. The largest absolute Gasteiger partial charge is 0.489 e. The summed E-state index contributed by atoms with van der Waals surface area (Å²) in [5, 5.41) is 7.21. The van der Waals surface area contributed by atoms with E-state index in [9.17, 15) is 4.79 Å². The Morgan fingerprint density at radius 1 is 1.33 bits per heavy atom. The van der Waals surface area contributed by atoms with Crippen molar-refractivity contribution in [1.82, 2.24) is 15.1 Å². The molecule has 0 bridgehead atoms. The molecule has 0 unspecified atom stereocenters. The lowest BCUT2D eigenvalue weighted by Gasteiger charge is -2.18. The maximum absolute atomic E-state index is 12.5. The quantitative estimate of drug-likeness (QED) is 0.816. The van der Waals surface area contributed by atoms with E-state index in [2.05, 4.69) is 24.3 Å². The van der Waals surface area contributed by atoms with Crippen molar-refractivity contribution < 1.29 is 9.53 Å². The molecule has 0 saturated heterocycles. The molecule has 2 rings (SSSR count). The molecule has 0 saturated carbocycles. The summed E-state index contributed by atoms with van der Waals surface area (Å²) >= 11 is 0. The summed E-state index contributed by atoms with van der Waals surface area (Å²) in [5.74, 6) is 0.533. The van der Waals surface area contributed by atoms with Crippen LogP contribution in [0, 0.1) is 5.92 Å². The van der Waals surface area contributed by atoms with E-state index in [1.807, 2.05) is 44.2 Å². The summed E-state index contributed by atoms with van der Waals surface area (Å²) in [6.07, 6.45) is 1.74. The van der Waals surface area contributed by atoms with Crippen LogP contribution in [0.5, 0.6) is 5.75 Å². The number of carbonyl (C=O) groups excluding carboxylic acids is 1. The first-order valence-electron chi connectivity index (χ1n) is 8.11. The van der Waals surface area contributed by atoms with Gasteiger partial charge in [0, 0.05) is 12.1 Å². The predicted octanol–water partition coefficient (Wildman–Crippen LogP) is 2.37. The normalized spacial score (nSPS) is 11.6. The predicted molar refractivity (Wildman–Crippen MR) is 94.5 cm³/mol. The average molecular weight is 330 g/mol. The third kappa shape index (κ3) is 5.09. The molecule has 0 aliphatic carbocycles. The number of carbonyl (C=O) groups is 1. The molecule has 24 heavy (non-hydrogen) atoms. The fourth-order valence-corrected chi connectivity index (χ4v) is 1.98. The molecular formula is C18H26N4O2. The number of nitrogens with one attached hydrogen (secondary N) is 1. The van der Waals surface area contributed by atoms with Gasteiger partial charge in [0.1, 0.15) is 0 Å². The highest BCUT2D eigenvalue weighted by Gasteiger charge is 2.21. The molecular weight excluding hydrogens is 304 g/mol. The fourth-order valence-electron chi connectivity index (χ4n) is 1.98. The van der Waals surface area contributed by atoms with Crippen molar-refractivity contribution in [1.29, 1.82) is 0 Å². The van der Waals surface area contributed by atoms with E-state index in [0.717, 1.165) is 5.69 Å². The van der Waals surface area contributed by atoms with Gasteiger partial charge in [-0.2, -0.15) is 5.10 Å². The molecule has 0 aliphatic rings. The maximum Gasteiger partial charge on any atom is 0.275 e. The van der Waals surface area contributed by atoms with Gasteiger partial charge in [0.25, 0.3) is 5.91 Å². The van der Waals surface area contributed by atoms with E-state index in [-0.39, 0.29) is 11.6 Å². The highest BCUT2D eigenvalue weighted by Crippen LogP contribution is 2.20.